The molecule has 0 saturated carbocycles. The second kappa shape index (κ2) is 7.81. The van der Waals surface area contributed by atoms with Crippen molar-refractivity contribution in [2.75, 3.05) is 13.3 Å². The predicted octanol–water partition coefficient (Wildman–Crippen LogP) is 2.15. The van der Waals surface area contributed by atoms with Gasteiger partial charge in [-0.15, -0.1) is 0 Å². The van der Waals surface area contributed by atoms with E-state index in [4.69, 9.17) is 5.11 Å². The first-order valence-corrected chi connectivity index (χ1v) is 7.97. The molecule has 1 atom stereocenters. The Bertz CT molecular complexity index is 827. The van der Waals surface area contributed by atoms with Crippen LogP contribution in [0.5, 0.6) is 0 Å². The van der Waals surface area contributed by atoms with Gasteiger partial charge in [0.25, 0.3) is 0 Å². The van der Waals surface area contributed by atoms with Crippen LogP contribution < -0.4 is 5.32 Å². The lowest BCUT2D eigenvalue weighted by molar-refractivity contribution is 0.269. The molecule has 2 aromatic heterocycles. The number of aromatic nitrogens is 3. The van der Waals surface area contributed by atoms with Crippen LogP contribution in [0.3, 0.4) is 0 Å². The van der Waals surface area contributed by atoms with Crippen molar-refractivity contribution < 1.29 is 5.11 Å². The Balaban J connectivity index is 1.55. The number of fused-ring (bicyclic) bond motifs is 1. The molecule has 1 unspecified atom stereocenters. The van der Waals surface area contributed by atoms with Crippen LogP contribution in [-0.4, -0.2) is 39.4 Å². The quantitative estimate of drug-likeness (QED) is 0.653. The highest BCUT2D eigenvalue weighted by Crippen LogP contribution is 2.18. The molecule has 0 bridgehead atoms. The van der Waals surface area contributed by atoms with Gasteiger partial charge in [-0.2, -0.15) is 5.10 Å². The fourth-order valence-electron chi connectivity index (χ4n) is 2.49. The van der Waals surface area contributed by atoms with Gasteiger partial charge in [0.1, 0.15) is 0 Å². The maximum Gasteiger partial charge on any atom is 0.0889 e. The van der Waals surface area contributed by atoms with Crippen molar-refractivity contribution in [3.05, 3.63) is 60.0 Å². The van der Waals surface area contributed by atoms with Crippen molar-refractivity contribution in [3.8, 4) is 0 Å². The average Bonchev–Trinajstić information content (AvgIpc) is 3.06. The number of nitrogens with zero attached hydrogens (tertiary/aromatic N) is 4. The molecule has 0 saturated heterocycles. The zero-order valence-corrected chi connectivity index (χ0v) is 13.6. The van der Waals surface area contributed by atoms with Crippen molar-refractivity contribution in [2.45, 2.75) is 19.5 Å². The molecule has 3 rings (SSSR count). The first kappa shape index (κ1) is 16.3. The summed E-state index contributed by atoms with van der Waals surface area (Å²) >= 11 is 0. The Labute approximate surface area is 140 Å². The summed E-state index contributed by atoms with van der Waals surface area (Å²) in [6.45, 7) is 3.22. The van der Waals surface area contributed by atoms with E-state index < -0.39 is 0 Å². The monoisotopic (exact) mass is 323 g/mol. The molecule has 6 nitrogen and oxygen atoms in total. The average molecular weight is 323 g/mol. The lowest BCUT2D eigenvalue weighted by atomic mass is 10.1. The summed E-state index contributed by atoms with van der Waals surface area (Å²) in [4.78, 5) is 8.72. The van der Waals surface area contributed by atoms with E-state index in [2.05, 4.69) is 45.5 Å². The third kappa shape index (κ3) is 4.04. The van der Waals surface area contributed by atoms with Crippen LogP contribution in [0.1, 0.15) is 24.1 Å². The van der Waals surface area contributed by atoms with Gasteiger partial charge in [0.2, 0.25) is 0 Å². The maximum absolute atomic E-state index is 8.87. The lowest BCUT2D eigenvalue weighted by Crippen LogP contribution is -2.18. The highest BCUT2D eigenvalue weighted by molar-refractivity contribution is 5.79. The van der Waals surface area contributed by atoms with E-state index in [9.17, 15) is 0 Å². The van der Waals surface area contributed by atoms with Gasteiger partial charge in [-0.25, -0.2) is 0 Å². The summed E-state index contributed by atoms with van der Waals surface area (Å²) in [5.41, 5.74) is 3.14. The Hall–Kier alpha value is -2.57. The first-order valence-electron chi connectivity index (χ1n) is 7.97. The van der Waals surface area contributed by atoms with E-state index in [1.54, 1.807) is 23.3 Å². The number of rotatable bonds is 7. The largest absolute Gasteiger partial charge is 0.394 e. The van der Waals surface area contributed by atoms with E-state index >= 15 is 0 Å². The molecule has 1 aromatic carbocycles. The Morgan fingerprint density at radius 2 is 2.29 bits per heavy atom. The fourth-order valence-corrected chi connectivity index (χ4v) is 2.49. The Morgan fingerprint density at radius 1 is 1.38 bits per heavy atom. The van der Waals surface area contributed by atoms with Crippen LogP contribution in [-0.2, 0) is 6.54 Å². The van der Waals surface area contributed by atoms with Gasteiger partial charge in [0.05, 0.1) is 31.5 Å². The third-order valence-corrected chi connectivity index (χ3v) is 3.84. The number of nitrogens with one attached hydrogen (secondary N) is 1. The molecule has 0 fully saturated rings. The van der Waals surface area contributed by atoms with Crippen LogP contribution in [0.4, 0.5) is 0 Å². The Kier molecular flexibility index (Phi) is 5.30. The molecule has 0 aliphatic heterocycles. The number of aliphatic imine (C=N–C) groups is 1. The van der Waals surface area contributed by atoms with Crippen LogP contribution in [0.15, 0.2) is 53.9 Å². The standard InChI is InChI=1S/C18H21N5O/c1-14(16-4-5-18-17(9-16)3-2-6-20-18)21-13-19-10-15-11-22-23(12-15)7-8-24/h2-6,9-12,14,21,24H,7-8,13H2,1H3/b19-10+. The van der Waals surface area contributed by atoms with Crippen molar-refractivity contribution in [1.29, 1.82) is 0 Å². The van der Waals surface area contributed by atoms with Crippen molar-refractivity contribution in [1.82, 2.24) is 20.1 Å². The highest BCUT2D eigenvalue weighted by atomic mass is 16.3. The molecule has 0 aliphatic rings. The van der Waals surface area contributed by atoms with Gasteiger partial charge in [-0.1, -0.05) is 12.1 Å². The van der Waals surface area contributed by atoms with Gasteiger partial charge in [-0.05, 0) is 30.7 Å². The number of aliphatic hydroxyl groups excluding tert-OH is 1. The SMILES string of the molecule is CC(NC/N=C/c1cnn(CCO)c1)c1ccc2ncccc2c1. The summed E-state index contributed by atoms with van der Waals surface area (Å²) in [5.74, 6) is 0. The number of hydrogen-bond acceptors (Lipinski definition) is 5. The topological polar surface area (TPSA) is 75.3 Å². The smallest absolute Gasteiger partial charge is 0.0889 e. The maximum atomic E-state index is 8.87. The molecule has 0 radical (unpaired) electrons. The van der Waals surface area contributed by atoms with Gasteiger partial charge >= 0.3 is 0 Å². The highest BCUT2D eigenvalue weighted by Gasteiger charge is 2.05. The van der Waals surface area contributed by atoms with Crippen LogP contribution in [0, 0.1) is 0 Å². The second-order valence-electron chi connectivity index (χ2n) is 5.61. The molecule has 3 aromatic rings. The number of aliphatic hydroxyl groups is 1. The van der Waals surface area contributed by atoms with Crippen molar-refractivity contribution in [3.63, 3.8) is 0 Å². The zero-order valence-electron chi connectivity index (χ0n) is 13.6. The molecule has 6 heteroatoms. The van der Waals surface area contributed by atoms with Gasteiger partial charge in [0.15, 0.2) is 0 Å². The summed E-state index contributed by atoms with van der Waals surface area (Å²) in [6, 6.07) is 10.5. The van der Waals surface area contributed by atoms with E-state index in [0.717, 1.165) is 16.5 Å². The molecular weight excluding hydrogens is 302 g/mol. The van der Waals surface area contributed by atoms with E-state index in [1.165, 1.54) is 5.56 Å². The minimum absolute atomic E-state index is 0.0820. The minimum Gasteiger partial charge on any atom is -0.394 e. The van der Waals surface area contributed by atoms with Crippen molar-refractivity contribution in [2.24, 2.45) is 4.99 Å². The summed E-state index contributed by atoms with van der Waals surface area (Å²) < 4.78 is 1.69. The molecular formula is C18H21N5O. The molecule has 0 spiro atoms. The molecule has 124 valence electrons. The number of benzene rings is 1. The van der Waals surface area contributed by atoms with Crippen LogP contribution in [0.2, 0.25) is 0 Å². The summed E-state index contributed by atoms with van der Waals surface area (Å²) in [7, 11) is 0. The zero-order chi connectivity index (χ0) is 16.8. The normalized spacial score (nSPS) is 12.9. The first-order chi connectivity index (χ1) is 11.8. The second-order valence-corrected chi connectivity index (χ2v) is 5.61. The fraction of sp³-hybridized carbons (Fsp3) is 0.278. The third-order valence-electron chi connectivity index (χ3n) is 3.84. The lowest BCUT2D eigenvalue weighted by Gasteiger charge is -2.13. The molecule has 24 heavy (non-hydrogen) atoms. The minimum atomic E-state index is 0.0820. The van der Waals surface area contributed by atoms with Crippen molar-refractivity contribution >= 4 is 17.1 Å². The summed E-state index contributed by atoms with van der Waals surface area (Å²) in [5, 5.41) is 17.5. The van der Waals surface area contributed by atoms with Crippen LogP contribution in [0.25, 0.3) is 10.9 Å². The van der Waals surface area contributed by atoms with Gasteiger partial charge < -0.3 is 5.11 Å². The Morgan fingerprint density at radius 3 is 3.17 bits per heavy atom. The van der Waals surface area contributed by atoms with Gasteiger partial charge in [0, 0.05) is 35.6 Å². The number of pyridine rings is 1. The van der Waals surface area contributed by atoms with Gasteiger partial charge in [-0.3, -0.25) is 20.0 Å². The van der Waals surface area contributed by atoms with E-state index in [1.807, 2.05) is 18.3 Å². The van der Waals surface area contributed by atoms with E-state index in [0.29, 0.717) is 13.2 Å². The molecule has 2 N–H and O–H groups in total. The predicted molar refractivity (Wildman–Crippen MR) is 95.1 cm³/mol. The molecule has 0 amide bonds. The molecule has 2 heterocycles. The molecule has 0 aliphatic carbocycles. The summed E-state index contributed by atoms with van der Waals surface area (Å²) in [6.07, 6.45) is 7.18. The number of hydrogen-bond donors (Lipinski definition) is 2. The van der Waals surface area contributed by atoms with Crippen LogP contribution >= 0.6 is 0 Å². The van der Waals surface area contributed by atoms with E-state index in [-0.39, 0.29) is 12.6 Å².